The van der Waals surface area contributed by atoms with Gasteiger partial charge >= 0.3 is 0 Å². The smallest absolute Gasteiger partial charge is 0.126 e. The summed E-state index contributed by atoms with van der Waals surface area (Å²) >= 11 is 5.46. The highest BCUT2D eigenvalue weighted by Gasteiger charge is 2.41. The highest BCUT2D eigenvalue weighted by atomic mass is 79.9. The summed E-state index contributed by atoms with van der Waals surface area (Å²) in [5.41, 5.74) is 1.09. The van der Waals surface area contributed by atoms with E-state index in [4.69, 9.17) is 0 Å². The molecule has 0 unspecified atom stereocenters. The van der Waals surface area contributed by atoms with Crippen molar-refractivity contribution in [2.24, 2.45) is 7.05 Å². The summed E-state index contributed by atoms with van der Waals surface area (Å²) in [5, 5.41) is 7.60. The van der Waals surface area contributed by atoms with E-state index in [2.05, 4.69) is 32.6 Å². The number of thioether (sulfide) groups is 1. The van der Waals surface area contributed by atoms with E-state index in [1.807, 2.05) is 29.7 Å². The molecule has 0 bridgehead atoms. The van der Waals surface area contributed by atoms with E-state index in [0.29, 0.717) is 4.75 Å². The quantitative estimate of drug-likeness (QED) is 0.916. The second-order valence-electron chi connectivity index (χ2n) is 3.71. The van der Waals surface area contributed by atoms with E-state index in [0.717, 1.165) is 16.8 Å². The first-order valence-corrected chi connectivity index (χ1v) is 6.65. The molecule has 2 rings (SSSR count). The van der Waals surface area contributed by atoms with Crippen LogP contribution in [0.3, 0.4) is 0 Å². The highest BCUT2D eigenvalue weighted by molar-refractivity contribution is 9.10. The van der Waals surface area contributed by atoms with E-state index in [1.54, 1.807) is 0 Å². The molecule has 0 atom stereocenters. The highest BCUT2D eigenvalue weighted by Crippen LogP contribution is 2.47. The number of nitrogens with zero attached hydrogens (tertiary/aromatic N) is 2. The summed E-state index contributed by atoms with van der Waals surface area (Å²) in [6.45, 7) is 1.04. The molecule has 1 aliphatic carbocycles. The Bertz CT molecular complexity index is 333. The third-order valence-corrected chi connectivity index (χ3v) is 5.07. The fourth-order valence-corrected chi connectivity index (χ4v) is 2.45. The van der Waals surface area contributed by atoms with Gasteiger partial charge in [0.25, 0.3) is 0 Å². The predicted molar refractivity (Wildman–Crippen MR) is 64.9 cm³/mol. The topological polar surface area (TPSA) is 29.9 Å². The van der Waals surface area contributed by atoms with E-state index >= 15 is 0 Å². The minimum Gasteiger partial charge on any atom is -0.380 e. The van der Waals surface area contributed by atoms with Crippen LogP contribution in [-0.4, -0.2) is 27.3 Å². The Hall–Kier alpha value is -0.160. The van der Waals surface area contributed by atoms with Gasteiger partial charge in [-0.3, -0.25) is 4.68 Å². The number of hydrogen-bond acceptors (Lipinski definition) is 3. The van der Waals surface area contributed by atoms with Gasteiger partial charge in [-0.25, -0.2) is 0 Å². The lowest BCUT2D eigenvalue weighted by Gasteiger charge is -2.13. The Balaban J connectivity index is 1.95. The normalized spacial score (nSPS) is 18.2. The Morgan fingerprint density at radius 2 is 2.43 bits per heavy atom. The summed E-state index contributed by atoms with van der Waals surface area (Å²) in [4.78, 5) is 0. The number of aromatic nitrogens is 2. The molecule has 0 radical (unpaired) electrons. The molecule has 1 aromatic heterocycles. The molecule has 1 aliphatic rings. The second-order valence-corrected chi connectivity index (χ2v) is 5.74. The van der Waals surface area contributed by atoms with Crippen LogP contribution in [0.2, 0.25) is 0 Å². The molecule has 1 N–H and O–H groups in total. The minimum atomic E-state index is 0.495. The number of halogens is 1. The van der Waals surface area contributed by atoms with Gasteiger partial charge in [-0.1, -0.05) is 0 Å². The van der Waals surface area contributed by atoms with Gasteiger partial charge in [0, 0.05) is 18.3 Å². The van der Waals surface area contributed by atoms with E-state index in [-0.39, 0.29) is 0 Å². The van der Waals surface area contributed by atoms with Gasteiger partial charge in [-0.05, 0) is 35.0 Å². The van der Waals surface area contributed by atoms with E-state index in [9.17, 15) is 0 Å². The standard InChI is InChI=1S/C9H14BrN3S/c1-13-8(10)7(5-12-13)11-6-9(14-2)3-4-9/h5,11H,3-4,6H2,1-2H3. The van der Waals surface area contributed by atoms with Gasteiger partial charge < -0.3 is 5.32 Å². The van der Waals surface area contributed by atoms with Crippen molar-refractivity contribution in [1.82, 2.24) is 9.78 Å². The SMILES string of the molecule is CSC1(CNc2cnn(C)c2Br)CC1. The van der Waals surface area contributed by atoms with Crippen molar-refractivity contribution in [3.8, 4) is 0 Å². The first-order valence-electron chi connectivity index (χ1n) is 4.63. The van der Waals surface area contributed by atoms with E-state index in [1.165, 1.54) is 12.8 Å². The Morgan fingerprint density at radius 1 is 1.71 bits per heavy atom. The Morgan fingerprint density at radius 3 is 2.86 bits per heavy atom. The van der Waals surface area contributed by atoms with Crippen molar-refractivity contribution in [3.05, 3.63) is 10.8 Å². The summed E-state index contributed by atoms with van der Waals surface area (Å²) in [5.74, 6) is 0. The fourth-order valence-electron chi connectivity index (χ4n) is 1.39. The zero-order valence-electron chi connectivity index (χ0n) is 8.38. The maximum Gasteiger partial charge on any atom is 0.126 e. The van der Waals surface area contributed by atoms with Crippen LogP contribution in [0.1, 0.15) is 12.8 Å². The number of anilines is 1. The first-order chi connectivity index (χ1) is 6.67. The van der Waals surface area contributed by atoms with Gasteiger partial charge in [0.05, 0.1) is 11.9 Å². The van der Waals surface area contributed by atoms with Crippen LogP contribution >= 0.6 is 27.7 Å². The lowest BCUT2D eigenvalue weighted by atomic mass is 10.4. The summed E-state index contributed by atoms with van der Waals surface area (Å²) < 4.78 is 3.34. The fraction of sp³-hybridized carbons (Fsp3) is 0.667. The van der Waals surface area contributed by atoms with Crippen molar-refractivity contribution in [2.75, 3.05) is 18.1 Å². The molecule has 1 fully saturated rings. The Kier molecular flexibility index (Phi) is 2.79. The van der Waals surface area contributed by atoms with Gasteiger partial charge in [0.2, 0.25) is 0 Å². The maximum atomic E-state index is 4.16. The molecular formula is C9H14BrN3S. The van der Waals surface area contributed by atoms with Gasteiger partial charge in [0.1, 0.15) is 4.60 Å². The maximum absolute atomic E-state index is 4.16. The number of rotatable bonds is 4. The molecule has 14 heavy (non-hydrogen) atoms. The van der Waals surface area contributed by atoms with Crippen LogP contribution in [0.5, 0.6) is 0 Å². The van der Waals surface area contributed by atoms with Crippen molar-refractivity contribution in [2.45, 2.75) is 17.6 Å². The van der Waals surface area contributed by atoms with Crippen molar-refractivity contribution in [3.63, 3.8) is 0 Å². The molecule has 3 nitrogen and oxygen atoms in total. The minimum absolute atomic E-state index is 0.495. The number of aryl methyl sites for hydroxylation is 1. The van der Waals surface area contributed by atoms with Gasteiger partial charge in [0.15, 0.2) is 0 Å². The number of nitrogens with one attached hydrogen (secondary N) is 1. The summed E-state index contributed by atoms with van der Waals surface area (Å²) in [6.07, 6.45) is 6.71. The largest absolute Gasteiger partial charge is 0.380 e. The molecule has 78 valence electrons. The van der Waals surface area contributed by atoms with Crippen molar-refractivity contribution >= 4 is 33.4 Å². The zero-order valence-corrected chi connectivity index (χ0v) is 10.8. The van der Waals surface area contributed by atoms with Crippen LogP contribution in [0.4, 0.5) is 5.69 Å². The molecule has 5 heteroatoms. The van der Waals surface area contributed by atoms with Gasteiger partial charge in [-0.2, -0.15) is 16.9 Å². The van der Waals surface area contributed by atoms with Crippen LogP contribution in [0.25, 0.3) is 0 Å². The Labute approximate surface area is 96.8 Å². The zero-order chi connectivity index (χ0) is 10.2. The molecule has 0 amide bonds. The van der Waals surface area contributed by atoms with Crippen molar-refractivity contribution < 1.29 is 0 Å². The predicted octanol–water partition coefficient (Wildman–Crippen LogP) is 2.49. The van der Waals surface area contributed by atoms with Crippen LogP contribution < -0.4 is 5.32 Å². The molecule has 0 aromatic carbocycles. The molecule has 0 aliphatic heterocycles. The average molecular weight is 276 g/mol. The molecule has 0 spiro atoms. The average Bonchev–Trinajstić information content (AvgIpc) is 2.91. The molecule has 1 saturated carbocycles. The lowest BCUT2D eigenvalue weighted by molar-refractivity contribution is 0.749. The molecule has 0 saturated heterocycles. The lowest BCUT2D eigenvalue weighted by Crippen LogP contribution is -2.17. The second kappa shape index (κ2) is 3.77. The molecular weight excluding hydrogens is 262 g/mol. The third-order valence-electron chi connectivity index (χ3n) is 2.71. The molecule has 1 aromatic rings. The van der Waals surface area contributed by atoms with Crippen LogP contribution in [-0.2, 0) is 7.05 Å². The first kappa shape index (κ1) is 10.4. The summed E-state index contributed by atoms with van der Waals surface area (Å²) in [7, 11) is 1.93. The van der Waals surface area contributed by atoms with E-state index < -0.39 is 0 Å². The molecule has 1 heterocycles. The summed E-state index contributed by atoms with van der Waals surface area (Å²) in [6, 6.07) is 0. The van der Waals surface area contributed by atoms with Crippen LogP contribution in [0.15, 0.2) is 10.8 Å². The van der Waals surface area contributed by atoms with Gasteiger partial charge in [-0.15, -0.1) is 0 Å². The number of hydrogen-bond donors (Lipinski definition) is 1. The van der Waals surface area contributed by atoms with Crippen molar-refractivity contribution in [1.29, 1.82) is 0 Å². The monoisotopic (exact) mass is 275 g/mol. The third kappa shape index (κ3) is 1.93. The van der Waals surface area contributed by atoms with Crippen LogP contribution in [0, 0.1) is 0 Å².